The molecule has 0 aromatic heterocycles. The fraction of sp³-hybridized carbons (Fsp3) is 0.846. The number of amides is 1. The van der Waals surface area contributed by atoms with Gasteiger partial charge in [-0.15, -0.1) is 0 Å². The van der Waals surface area contributed by atoms with Crippen LogP contribution in [0, 0.1) is 5.92 Å². The number of rotatable bonds is 7. The number of nitrogens with one attached hydrogen (secondary N) is 1. The minimum absolute atomic E-state index is 0.00511. The first-order chi connectivity index (χ1) is 9.04. The number of hydrogen-bond donors (Lipinski definition) is 2. The minimum Gasteiger partial charge on any atom is -0.481 e. The molecule has 1 atom stereocenters. The zero-order chi connectivity index (χ0) is 14.3. The molecule has 0 spiro atoms. The van der Waals surface area contributed by atoms with Crippen molar-refractivity contribution < 1.29 is 14.7 Å². The number of nitrogens with zero attached hydrogens (tertiary/aromatic N) is 2. The maximum Gasteiger partial charge on any atom is 0.304 e. The molecule has 1 fully saturated rings. The van der Waals surface area contributed by atoms with Crippen molar-refractivity contribution in [3.05, 3.63) is 0 Å². The fourth-order valence-corrected chi connectivity index (χ4v) is 2.21. The third-order valence-corrected chi connectivity index (χ3v) is 3.45. The molecule has 6 heteroatoms. The smallest absolute Gasteiger partial charge is 0.304 e. The predicted octanol–water partition coefficient (Wildman–Crippen LogP) is -0.149. The van der Waals surface area contributed by atoms with E-state index in [1.807, 2.05) is 18.7 Å². The summed E-state index contributed by atoms with van der Waals surface area (Å²) in [7, 11) is 0. The van der Waals surface area contributed by atoms with Crippen molar-refractivity contribution in [1.29, 1.82) is 0 Å². The lowest BCUT2D eigenvalue weighted by Gasteiger charge is -2.35. The molecular formula is C13H25N3O3. The van der Waals surface area contributed by atoms with Crippen LogP contribution < -0.4 is 5.32 Å². The van der Waals surface area contributed by atoms with Crippen LogP contribution >= 0.6 is 0 Å². The Labute approximate surface area is 114 Å². The van der Waals surface area contributed by atoms with Crippen LogP contribution in [-0.4, -0.2) is 72.6 Å². The van der Waals surface area contributed by atoms with Gasteiger partial charge < -0.3 is 15.3 Å². The van der Waals surface area contributed by atoms with Crippen LogP contribution in [0.1, 0.15) is 20.3 Å². The van der Waals surface area contributed by atoms with Gasteiger partial charge in [0.05, 0.1) is 6.42 Å². The second-order valence-corrected chi connectivity index (χ2v) is 5.02. The number of aliphatic carboxylic acids is 1. The largest absolute Gasteiger partial charge is 0.481 e. The third kappa shape index (κ3) is 5.57. The molecule has 1 unspecified atom stereocenters. The van der Waals surface area contributed by atoms with Gasteiger partial charge in [-0.1, -0.05) is 13.8 Å². The predicted molar refractivity (Wildman–Crippen MR) is 73.0 cm³/mol. The van der Waals surface area contributed by atoms with E-state index in [0.29, 0.717) is 26.2 Å². The molecule has 2 N–H and O–H groups in total. The van der Waals surface area contributed by atoms with Gasteiger partial charge in [0.2, 0.25) is 5.91 Å². The first-order valence-electron chi connectivity index (χ1n) is 6.98. The number of carbonyl (C=O) groups excluding carboxylic acids is 1. The average molecular weight is 271 g/mol. The molecule has 6 nitrogen and oxygen atoms in total. The lowest BCUT2D eigenvalue weighted by molar-refractivity contribution is -0.139. The summed E-state index contributed by atoms with van der Waals surface area (Å²) in [6.07, 6.45) is 0.171. The number of carboxylic acids is 1. The van der Waals surface area contributed by atoms with Gasteiger partial charge in [-0.3, -0.25) is 14.5 Å². The molecular weight excluding hydrogens is 246 g/mol. The lowest BCUT2D eigenvalue weighted by Crippen LogP contribution is -2.51. The van der Waals surface area contributed by atoms with E-state index in [-0.39, 0.29) is 18.2 Å². The van der Waals surface area contributed by atoms with Crippen molar-refractivity contribution in [3.63, 3.8) is 0 Å². The Hall–Kier alpha value is -1.14. The van der Waals surface area contributed by atoms with Crippen molar-refractivity contribution >= 4 is 11.9 Å². The van der Waals surface area contributed by atoms with Crippen LogP contribution in [0.4, 0.5) is 0 Å². The molecule has 0 saturated carbocycles. The van der Waals surface area contributed by atoms with Gasteiger partial charge in [0.15, 0.2) is 0 Å². The lowest BCUT2D eigenvalue weighted by atomic mass is 10.1. The van der Waals surface area contributed by atoms with Gasteiger partial charge in [-0.2, -0.15) is 0 Å². The second kappa shape index (κ2) is 8.12. The zero-order valence-electron chi connectivity index (χ0n) is 11.9. The summed E-state index contributed by atoms with van der Waals surface area (Å²) in [6, 6.07) is 0. The van der Waals surface area contributed by atoms with Crippen LogP contribution in [0.25, 0.3) is 0 Å². The summed E-state index contributed by atoms with van der Waals surface area (Å²) < 4.78 is 0. The van der Waals surface area contributed by atoms with E-state index >= 15 is 0 Å². The molecule has 110 valence electrons. The summed E-state index contributed by atoms with van der Waals surface area (Å²) in [6.45, 7) is 9.09. The Morgan fingerprint density at radius 3 is 2.42 bits per heavy atom. The quantitative estimate of drug-likeness (QED) is 0.674. The maximum atomic E-state index is 12.2. The number of piperazine rings is 1. The van der Waals surface area contributed by atoms with Gasteiger partial charge in [0.1, 0.15) is 0 Å². The fourth-order valence-electron chi connectivity index (χ4n) is 2.21. The van der Waals surface area contributed by atoms with Crippen LogP contribution in [0.15, 0.2) is 0 Å². The molecule has 1 amide bonds. The molecule has 1 rings (SSSR count). The normalized spacial score (nSPS) is 18.3. The van der Waals surface area contributed by atoms with E-state index in [0.717, 1.165) is 19.6 Å². The Morgan fingerprint density at radius 1 is 1.26 bits per heavy atom. The highest BCUT2D eigenvalue weighted by atomic mass is 16.4. The summed E-state index contributed by atoms with van der Waals surface area (Å²) in [5.41, 5.74) is 0. The van der Waals surface area contributed by atoms with E-state index < -0.39 is 5.97 Å². The summed E-state index contributed by atoms with van der Waals surface area (Å²) in [5.74, 6) is -0.567. The van der Waals surface area contributed by atoms with E-state index in [9.17, 15) is 9.59 Å². The van der Waals surface area contributed by atoms with Crippen molar-refractivity contribution in [2.45, 2.75) is 20.3 Å². The Bertz CT molecular complexity index is 302. The highest BCUT2D eigenvalue weighted by Gasteiger charge is 2.24. The zero-order valence-corrected chi connectivity index (χ0v) is 11.9. The van der Waals surface area contributed by atoms with Gasteiger partial charge in [-0.05, 0) is 6.54 Å². The highest BCUT2D eigenvalue weighted by molar-refractivity contribution is 5.78. The Balaban J connectivity index is 2.28. The van der Waals surface area contributed by atoms with Crippen LogP contribution in [0.3, 0.4) is 0 Å². The van der Waals surface area contributed by atoms with E-state index in [1.54, 1.807) is 0 Å². The Morgan fingerprint density at radius 2 is 1.89 bits per heavy atom. The molecule has 0 bridgehead atoms. The van der Waals surface area contributed by atoms with E-state index in [1.165, 1.54) is 0 Å². The van der Waals surface area contributed by atoms with Crippen LogP contribution in [0.2, 0.25) is 0 Å². The minimum atomic E-state index is -0.766. The molecule has 19 heavy (non-hydrogen) atoms. The SMILES string of the molecule is CCNCC(C)C(=O)N1CCN(CCC(=O)O)CC1. The summed E-state index contributed by atoms with van der Waals surface area (Å²) >= 11 is 0. The third-order valence-electron chi connectivity index (χ3n) is 3.45. The van der Waals surface area contributed by atoms with Crippen LogP contribution in [-0.2, 0) is 9.59 Å². The van der Waals surface area contributed by atoms with Crippen LogP contribution in [0.5, 0.6) is 0 Å². The molecule has 1 saturated heterocycles. The summed E-state index contributed by atoms with van der Waals surface area (Å²) in [5, 5.41) is 11.8. The molecule has 1 aliphatic heterocycles. The molecule has 0 aromatic rings. The van der Waals surface area contributed by atoms with E-state index in [2.05, 4.69) is 10.2 Å². The van der Waals surface area contributed by atoms with Gasteiger partial charge in [-0.25, -0.2) is 0 Å². The van der Waals surface area contributed by atoms with Gasteiger partial charge >= 0.3 is 5.97 Å². The first kappa shape index (κ1) is 15.9. The van der Waals surface area contributed by atoms with Gasteiger partial charge in [0.25, 0.3) is 0 Å². The van der Waals surface area contributed by atoms with Crippen molar-refractivity contribution in [1.82, 2.24) is 15.1 Å². The highest BCUT2D eigenvalue weighted by Crippen LogP contribution is 2.07. The number of carbonyl (C=O) groups is 2. The maximum absolute atomic E-state index is 12.2. The molecule has 0 aliphatic carbocycles. The van der Waals surface area contributed by atoms with Gasteiger partial charge in [0, 0.05) is 45.2 Å². The standard InChI is InChI=1S/C13H25N3O3/c1-3-14-10-11(2)13(19)16-8-6-15(7-9-16)5-4-12(17)18/h11,14H,3-10H2,1-2H3,(H,17,18). The topological polar surface area (TPSA) is 72.9 Å². The molecule has 1 aliphatic rings. The van der Waals surface area contributed by atoms with Crippen molar-refractivity contribution in [2.75, 3.05) is 45.8 Å². The molecule has 1 heterocycles. The average Bonchev–Trinajstić information content (AvgIpc) is 2.42. The van der Waals surface area contributed by atoms with Crippen molar-refractivity contribution in [3.8, 4) is 0 Å². The molecule has 0 radical (unpaired) electrons. The number of carboxylic acid groups (broad SMARTS) is 1. The van der Waals surface area contributed by atoms with Crippen molar-refractivity contribution in [2.24, 2.45) is 5.92 Å². The summed E-state index contributed by atoms with van der Waals surface area (Å²) in [4.78, 5) is 26.6. The number of hydrogen-bond acceptors (Lipinski definition) is 4. The van der Waals surface area contributed by atoms with E-state index in [4.69, 9.17) is 5.11 Å². The monoisotopic (exact) mass is 271 g/mol. The molecule has 0 aromatic carbocycles. The Kier molecular flexibility index (Phi) is 6.80. The first-order valence-corrected chi connectivity index (χ1v) is 6.98. The second-order valence-electron chi connectivity index (χ2n) is 5.02.